The maximum atomic E-state index is 12.8. The quantitative estimate of drug-likeness (QED) is 0.0381. The molecule has 32 nitrogen and oxygen atoms in total. The fourth-order valence-electron chi connectivity index (χ4n) is 7.89. The summed E-state index contributed by atoms with van der Waals surface area (Å²) in [6.45, 7) is 3.22. The molecule has 0 aliphatic heterocycles. The molecule has 2 heterocycles. The Morgan fingerprint density at radius 1 is 0.489 bits per heavy atom. The highest BCUT2D eigenvalue weighted by molar-refractivity contribution is 7.87. The van der Waals surface area contributed by atoms with Crippen LogP contribution in [0.25, 0.3) is 12.2 Å². The van der Waals surface area contributed by atoms with Crippen LogP contribution in [0.2, 0.25) is 0 Å². The molecule has 0 saturated heterocycles. The van der Waals surface area contributed by atoms with E-state index >= 15 is 0 Å². The maximum Gasteiger partial charge on any atom is 0.232 e. The number of nitriles is 1. The van der Waals surface area contributed by atoms with Gasteiger partial charge < -0.3 is 63.1 Å². The molecule has 500 valence electrons. The van der Waals surface area contributed by atoms with Crippen LogP contribution in [0, 0.1) is 11.3 Å². The van der Waals surface area contributed by atoms with Crippen molar-refractivity contribution in [2.45, 2.75) is 132 Å². The molecule has 6 aromatic rings. The molecular weight excluding hydrogens is 1310 g/mol. The van der Waals surface area contributed by atoms with Crippen LogP contribution in [-0.2, 0) is 73.6 Å². The summed E-state index contributed by atoms with van der Waals surface area (Å²) in [4.78, 5) is 22.1. The summed E-state index contributed by atoms with van der Waals surface area (Å²) in [5.41, 5.74) is -2.40. The fourth-order valence-corrected chi connectivity index (χ4v) is 11.6. The van der Waals surface area contributed by atoms with E-state index in [0.29, 0.717) is 36.4 Å². The number of hydrogen-bond acceptors (Lipinski definition) is 32. The normalized spacial score (nSPS) is 12.8. The Hall–Kier alpha value is -7.33. The van der Waals surface area contributed by atoms with Crippen LogP contribution in [0.4, 0.5) is 35.2 Å². The van der Waals surface area contributed by atoms with E-state index in [1.807, 2.05) is 6.07 Å². The number of nitrogens with zero attached hydrogens (tertiary/aromatic N) is 9. The van der Waals surface area contributed by atoms with Crippen LogP contribution in [-0.4, -0.2) is 168 Å². The third kappa shape index (κ3) is 22.9. The Labute approximate surface area is 525 Å². The molecule has 0 bridgehead atoms. The molecule has 5 N–H and O–H groups in total. The zero-order valence-corrected chi connectivity index (χ0v) is 48.3. The number of aromatic nitrogens is 6. The molecule has 0 radical (unpaired) electrons. The molecule has 3 atom stereocenters. The van der Waals surface area contributed by atoms with Crippen molar-refractivity contribution in [1.82, 2.24) is 29.9 Å². The lowest BCUT2D eigenvalue weighted by Crippen LogP contribution is -2.38. The van der Waals surface area contributed by atoms with Gasteiger partial charge in [0.05, 0.1) is 65.9 Å². The highest BCUT2D eigenvalue weighted by Gasteiger charge is 2.23. The second-order valence-electron chi connectivity index (χ2n) is 18.3. The van der Waals surface area contributed by atoms with Crippen LogP contribution in [0.3, 0.4) is 0 Å². The predicted octanol–water partition coefficient (Wildman–Crippen LogP) is 3.81. The number of hydrogen-bond donors (Lipinski definition) is 5. The summed E-state index contributed by atoms with van der Waals surface area (Å²) in [5, 5.41) is 45.1. The van der Waals surface area contributed by atoms with Crippen LogP contribution in [0.15, 0.2) is 102 Å². The minimum absolute atomic E-state index is 0. The zero-order chi connectivity index (χ0) is 62.5. The van der Waals surface area contributed by atoms with E-state index in [0.717, 1.165) is 42.5 Å². The highest BCUT2D eigenvalue weighted by atomic mass is 32.2. The van der Waals surface area contributed by atoms with Crippen molar-refractivity contribution in [3.05, 3.63) is 107 Å². The first-order chi connectivity index (χ1) is 38.8. The molecule has 4 aromatic carbocycles. The van der Waals surface area contributed by atoms with Gasteiger partial charge in [-0.25, -0.2) is 50.5 Å². The van der Waals surface area contributed by atoms with Gasteiger partial charge in [-0.1, -0.05) is 74.9 Å². The Bertz CT molecular complexity index is 4280. The van der Waals surface area contributed by atoms with Gasteiger partial charge in [0, 0.05) is 44.7 Å². The fraction of sp³-hybridized carbons (Fsp3) is 0.365. The second-order valence-corrected chi connectivity index (χ2v) is 26.4. The smallest absolute Gasteiger partial charge is 0.232 e. The molecule has 0 fully saturated rings. The first kappa shape index (κ1) is 82.7. The molecule has 0 amide bonds. The average Bonchev–Trinajstić information content (AvgIpc) is 0.894. The standard InChI is InChI=1S/C46H51N11O21S6.6CH4/c1-26(58)23-56(16-4-15-47)45-53-42(20-32-19-34(79(61,62)63)11-13-37(32)81(67,68)69)51-43(54-45)48-33-10-9-31(40(21-33)84(76,77)78)8-7-30-6-5-29(17-39(30)83(73,74)75)18-41-50-44(55-46(52-41)57(24-27(2)59)25-28(3)60)49-36-22-35(80(64,65)66)12-14-38(36)82(70,71)72;;;;;;/h5-14,17,19,21-22,26-28,58-60H,4,16,18,20,23-25H2,1-3H3,(H,61,62,63)(H,64,65,66)(H,67,68,69)(H,70,71,72)(H,73,74,75)(H,76,77,78)(H,48,51,53,54)(H,49,50,52,55);6*1H4/p-6/b8-7+;;;;;;. The number of aliphatic hydroxyl groups excluding tert-OH is 3. The first-order valence-electron chi connectivity index (χ1n) is 23.7. The van der Waals surface area contributed by atoms with E-state index < -0.39 is 156 Å². The lowest BCUT2D eigenvalue weighted by molar-refractivity contribution is 0.177. The van der Waals surface area contributed by atoms with Crippen LogP contribution in [0.5, 0.6) is 0 Å². The molecular formula is C52H69N11O21S6-6. The highest BCUT2D eigenvalue weighted by Crippen LogP contribution is 2.31. The minimum Gasteiger partial charge on any atom is -0.744 e. The summed E-state index contributed by atoms with van der Waals surface area (Å²) in [5.74, 6) is -2.50. The predicted molar refractivity (Wildman–Crippen MR) is 324 cm³/mol. The minimum atomic E-state index is -5.47. The van der Waals surface area contributed by atoms with Gasteiger partial charge in [-0.2, -0.15) is 35.2 Å². The van der Waals surface area contributed by atoms with Crippen molar-refractivity contribution in [3.8, 4) is 6.07 Å². The largest absolute Gasteiger partial charge is 0.744 e. The molecule has 90 heavy (non-hydrogen) atoms. The van der Waals surface area contributed by atoms with Gasteiger partial charge in [-0.15, -0.1) is 0 Å². The second kappa shape index (κ2) is 32.6. The van der Waals surface area contributed by atoms with Crippen LogP contribution in [0.1, 0.15) is 106 Å². The number of benzene rings is 4. The van der Waals surface area contributed by atoms with E-state index in [4.69, 9.17) is 0 Å². The van der Waals surface area contributed by atoms with Gasteiger partial charge in [0.25, 0.3) is 0 Å². The van der Waals surface area contributed by atoms with Gasteiger partial charge in [-0.3, -0.25) is 0 Å². The Balaban J connectivity index is 0.0000132. The number of rotatable bonds is 26. The van der Waals surface area contributed by atoms with E-state index in [-0.39, 0.29) is 112 Å². The summed E-state index contributed by atoms with van der Waals surface area (Å²) in [7, 11) is -32.1. The van der Waals surface area contributed by atoms with Crippen molar-refractivity contribution in [2.75, 3.05) is 46.6 Å². The topological polar surface area (TPSA) is 536 Å². The van der Waals surface area contributed by atoms with Gasteiger partial charge in [0.15, 0.2) is 0 Å². The molecule has 0 spiro atoms. The SMILES string of the molecule is C.C.C.C.C.C.CC(O)CN(CCC#N)c1nc(Cc2cc(S(=O)(=O)[O-])ccc2S(=O)(=O)[O-])nc(Nc2ccc(/C=C/c3ccc(Cc4nc(Nc5cc(S(=O)(=O)[O-])ccc5S(=O)(=O)[O-])nc(N(CC(C)O)CC(C)O)n4)cc3S(=O)(=O)[O-])c(S(=O)(=O)[O-])c2)n1. The molecule has 38 heteroatoms. The van der Waals surface area contributed by atoms with E-state index in [1.54, 1.807) is 0 Å². The van der Waals surface area contributed by atoms with Gasteiger partial charge in [-0.05, 0) is 97.6 Å². The third-order valence-electron chi connectivity index (χ3n) is 11.2. The van der Waals surface area contributed by atoms with Crippen molar-refractivity contribution in [2.24, 2.45) is 0 Å². The van der Waals surface area contributed by atoms with E-state index in [9.17, 15) is 98.4 Å². The summed E-state index contributed by atoms with van der Waals surface area (Å²) >= 11 is 0. The maximum absolute atomic E-state index is 12.8. The van der Waals surface area contributed by atoms with Crippen molar-refractivity contribution >= 4 is 108 Å². The third-order valence-corrected chi connectivity index (χ3v) is 16.5. The molecule has 0 aliphatic rings. The summed E-state index contributed by atoms with van der Waals surface area (Å²) in [6.07, 6.45) is -2.85. The van der Waals surface area contributed by atoms with Gasteiger partial charge in [0.2, 0.25) is 23.8 Å². The molecule has 3 unspecified atom stereocenters. The Morgan fingerprint density at radius 3 is 1.38 bits per heavy atom. The summed E-state index contributed by atoms with van der Waals surface area (Å²) < 4.78 is 221. The van der Waals surface area contributed by atoms with E-state index in [2.05, 4.69) is 40.5 Å². The molecule has 2 aromatic heterocycles. The number of anilines is 6. The number of nitrogens with one attached hydrogen (secondary N) is 2. The van der Waals surface area contributed by atoms with Crippen molar-refractivity contribution in [1.29, 1.82) is 5.26 Å². The lowest BCUT2D eigenvalue weighted by Gasteiger charge is -2.26. The Kier molecular flexibility index (Phi) is 30.0. The molecule has 0 saturated carbocycles. The summed E-state index contributed by atoms with van der Waals surface area (Å²) in [6, 6.07) is 11.5. The van der Waals surface area contributed by atoms with Gasteiger partial charge >= 0.3 is 0 Å². The number of aliphatic hydroxyl groups is 3. The average molecular weight is 1380 g/mol. The van der Waals surface area contributed by atoms with Gasteiger partial charge in [0.1, 0.15) is 72.4 Å². The van der Waals surface area contributed by atoms with Crippen molar-refractivity contribution < 1.29 is 93.1 Å². The molecule has 6 rings (SSSR count). The zero-order valence-electron chi connectivity index (χ0n) is 43.4. The van der Waals surface area contributed by atoms with Crippen molar-refractivity contribution in [3.63, 3.8) is 0 Å². The monoisotopic (exact) mass is 1380 g/mol. The lowest BCUT2D eigenvalue weighted by atomic mass is 10.1. The van der Waals surface area contributed by atoms with E-state index in [1.165, 1.54) is 36.6 Å². The van der Waals surface area contributed by atoms with Crippen LogP contribution >= 0.6 is 0 Å². The Morgan fingerprint density at radius 2 is 0.911 bits per heavy atom. The van der Waals surface area contributed by atoms with Crippen LogP contribution < -0.4 is 20.4 Å². The first-order valence-corrected chi connectivity index (χ1v) is 32.2. The molecule has 0 aliphatic carbocycles.